The van der Waals surface area contributed by atoms with Gasteiger partial charge in [-0.15, -0.1) is 0 Å². The van der Waals surface area contributed by atoms with Gasteiger partial charge in [-0.1, -0.05) is 30.3 Å². The van der Waals surface area contributed by atoms with E-state index in [0.717, 1.165) is 38.4 Å². The highest BCUT2D eigenvalue weighted by molar-refractivity contribution is 6.03. The van der Waals surface area contributed by atoms with Gasteiger partial charge in [0.1, 0.15) is 6.61 Å². The highest BCUT2D eigenvalue weighted by Crippen LogP contribution is 2.54. The van der Waals surface area contributed by atoms with Crippen LogP contribution in [0.5, 0.6) is 0 Å². The van der Waals surface area contributed by atoms with Crippen LogP contribution in [0.4, 0.5) is 13.6 Å². The van der Waals surface area contributed by atoms with E-state index in [-0.39, 0.29) is 38.0 Å². The number of alkyl halides is 2. The fourth-order valence-corrected chi connectivity index (χ4v) is 6.42. The lowest BCUT2D eigenvalue weighted by molar-refractivity contribution is -0.164. The first kappa shape index (κ1) is 29.0. The smallest absolute Gasteiger partial charge is 0.408 e. The number of esters is 1. The van der Waals surface area contributed by atoms with Crippen LogP contribution in [0, 0.1) is 29.1 Å². The summed E-state index contributed by atoms with van der Waals surface area (Å²) in [6.45, 7) is -0.0626. The fraction of sp³-hybridized carbons (Fsp3) is 0.516. The lowest BCUT2D eigenvalue weighted by Crippen LogP contribution is -2.56. The average molecular weight is 596 g/mol. The molecule has 2 unspecified atom stereocenters. The number of imidazole rings is 1. The van der Waals surface area contributed by atoms with E-state index in [4.69, 9.17) is 14.5 Å². The SMILES string of the molecule is COC(=O)C1(Cc2ccc3nc([C@@H](NC(=O)OCc4ccccc4)C(C4CC4)C4CC4)cn3n2)CC(C(F)F)CNC1=O. The Labute approximate surface area is 247 Å². The van der Waals surface area contributed by atoms with Crippen molar-refractivity contribution in [1.82, 2.24) is 25.2 Å². The van der Waals surface area contributed by atoms with Gasteiger partial charge in [0.15, 0.2) is 11.1 Å². The largest absolute Gasteiger partial charge is 0.468 e. The number of methoxy groups -OCH3 is 1. The van der Waals surface area contributed by atoms with Crippen LogP contribution in [0.25, 0.3) is 5.65 Å². The second-order valence-electron chi connectivity index (χ2n) is 12.0. The van der Waals surface area contributed by atoms with Crippen molar-refractivity contribution < 1.29 is 32.6 Å². The number of piperidine rings is 1. The molecule has 2 saturated carbocycles. The summed E-state index contributed by atoms with van der Waals surface area (Å²) in [6.07, 6.45) is 2.37. The molecule has 0 radical (unpaired) electrons. The van der Waals surface area contributed by atoms with E-state index < -0.39 is 35.7 Å². The zero-order chi connectivity index (χ0) is 30.1. The Hall–Kier alpha value is -4.09. The zero-order valence-electron chi connectivity index (χ0n) is 23.9. The van der Waals surface area contributed by atoms with Crippen LogP contribution in [0.1, 0.15) is 55.1 Å². The van der Waals surface area contributed by atoms with Crippen LogP contribution in [-0.4, -0.2) is 52.6 Å². The van der Waals surface area contributed by atoms with E-state index in [9.17, 15) is 23.2 Å². The van der Waals surface area contributed by atoms with Crippen LogP contribution in [0.3, 0.4) is 0 Å². The maximum atomic E-state index is 13.6. The van der Waals surface area contributed by atoms with Crippen molar-refractivity contribution in [3.63, 3.8) is 0 Å². The van der Waals surface area contributed by atoms with Gasteiger partial charge >= 0.3 is 12.1 Å². The van der Waals surface area contributed by atoms with Gasteiger partial charge in [-0.2, -0.15) is 5.10 Å². The van der Waals surface area contributed by atoms with Crippen LogP contribution >= 0.6 is 0 Å². The minimum Gasteiger partial charge on any atom is -0.468 e. The van der Waals surface area contributed by atoms with Crippen molar-refractivity contribution in [2.24, 2.45) is 29.1 Å². The van der Waals surface area contributed by atoms with Gasteiger partial charge in [0.25, 0.3) is 0 Å². The molecule has 10 nitrogen and oxygen atoms in total. The Bertz CT molecular complexity index is 1470. The molecule has 6 rings (SSSR count). The number of halogens is 2. The Morgan fingerprint density at radius 1 is 1.09 bits per heavy atom. The van der Waals surface area contributed by atoms with E-state index in [0.29, 0.717) is 28.9 Å². The third kappa shape index (κ3) is 6.18. The third-order valence-corrected chi connectivity index (χ3v) is 8.90. The lowest BCUT2D eigenvalue weighted by Gasteiger charge is -2.37. The number of nitrogens with one attached hydrogen (secondary N) is 2. The Balaban J connectivity index is 1.26. The lowest BCUT2D eigenvalue weighted by atomic mass is 9.72. The highest BCUT2D eigenvalue weighted by Gasteiger charge is 2.53. The van der Waals surface area contributed by atoms with Crippen molar-refractivity contribution >= 4 is 23.6 Å². The molecule has 1 saturated heterocycles. The van der Waals surface area contributed by atoms with Crippen molar-refractivity contribution in [3.8, 4) is 0 Å². The van der Waals surface area contributed by atoms with Gasteiger partial charge < -0.3 is 20.1 Å². The minimum atomic E-state index is -2.70. The summed E-state index contributed by atoms with van der Waals surface area (Å²) in [6, 6.07) is 12.4. The van der Waals surface area contributed by atoms with E-state index in [1.165, 1.54) is 0 Å². The fourth-order valence-electron chi connectivity index (χ4n) is 6.42. The van der Waals surface area contributed by atoms with E-state index in [2.05, 4.69) is 15.7 Å². The summed E-state index contributed by atoms with van der Waals surface area (Å²) in [5.41, 5.74) is 0.559. The molecule has 228 valence electrons. The molecular weight excluding hydrogens is 560 g/mol. The molecule has 3 heterocycles. The number of nitrogens with zero attached hydrogens (tertiary/aromatic N) is 3. The molecule has 2 aromatic heterocycles. The number of rotatable bonds is 11. The van der Waals surface area contributed by atoms with Crippen LogP contribution in [0.2, 0.25) is 0 Å². The first-order valence-corrected chi connectivity index (χ1v) is 14.7. The van der Waals surface area contributed by atoms with Gasteiger partial charge in [-0.3, -0.25) is 9.59 Å². The summed E-state index contributed by atoms with van der Waals surface area (Å²) in [4.78, 5) is 43.6. The van der Waals surface area contributed by atoms with Crippen molar-refractivity contribution in [2.75, 3.05) is 13.7 Å². The minimum absolute atomic E-state index is 0.148. The first-order chi connectivity index (χ1) is 20.8. The maximum absolute atomic E-state index is 13.6. The van der Waals surface area contributed by atoms with Gasteiger partial charge in [-0.25, -0.2) is 23.1 Å². The maximum Gasteiger partial charge on any atom is 0.408 e. The van der Waals surface area contributed by atoms with Crippen LogP contribution in [0.15, 0.2) is 48.7 Å². The number of ether oxygens (including phenoxy) is 2. The molecule has 3 fully saturated rings. The second kappa shape index (κ2) is 11.9. The molecule has 3 aliphatic rings. The van der Waals surface area contributed by atoms with E-state index in [1.807, 2.05) is 30.3 Å². The zero-order valence-corrected chi connectivity index (χ0v) is 23.9. The number of aromatic nitrogens is 3. The molecule has 2 aliphatic carbocycles. The molecular formula is C31H35F2N5O5. The quantitative estimate of drug-likeness (QED) is 0.251. The van der Waals surface area contributed by atoms with Gasteiger partial charge in [0, 0.05) is 18.9 Å². The van der Waals surface area contributed by atoms with E-state index in [1.54, 1.807) is 22.8 Å². The van der Waals surface area contributed by atoms with Crippen molar-refractivity contribution in [3.05, 3.63) is 65.6 Å². The molecule has 3 atom stereocenters. The number of amides is 2. The predicted molar refractivity (Wildman–Crippen MR) is 150 cm³/mol. The third-order valence-electron chi connectivity index (χ3n) is 8.90. The summed E-state index contributed by atoms with van der Waals surface area (Å²) >= 11 is 0. The molecule has 0 spiro atoms. The Morgan fingerprint density at radius 2 is 1.81 bits per heavy atom. The Kier molecular flexibility index (Phi) is 8.02. The summed E-state index contributed by atoms with van der Waals surface area (Å²) in [5.74, 6) is -1.51. The van der Waals surface area contributed by atoms with Crippen LogP contribution in [-0.2, 0) is 32.1 Å². The molecule has 2 amide bonds. The first-order valence-electron chi connectivity index (χ1n) is 14.7. The number of hydrogen-bond acceptors (Lipinski definition) is 7. The molecule has 12 heteroatoms. The summed E-state index contributed by atoms with van der Waals surface area (Å²) < 4.78 is 39.3. The van der Waals surface area contributed by atoms with Crippen LogP contribution < -0.4 is 10.6 Å². The highest BCUT2D eigenvalue weighted by atomic mass is 19.3. The van der Waals surface area contributed by atoms with Gasteiger partial charge in [0.05, 0.1) is 30.7 Å². The number of hydrogen-bond donors (Lipinski definition) is 2. The normalized spacial score (nSPS) is 22.8. The monoisotopic (exact) mass is 595 g/mol. The molecule has 43 heavy (non-hydrogen) atoms. The van der Waals surface area contributed by atoms with Gasteiger partial charge in [0.2, 0.25) is 12.3 Å². The molecule has 1 aromatic carbocycles. The Morgan fingerprint density at radius 3 is 2.47 bits per heavy atom. The summed E-state index contributed by atoms with van der Waals surface area (Å²) in [5, 5.41) is 10.2. The predicted octanol–water partition coefficient (Wildman–Crippen LogP) is 4.24. The van der Waals surface area contributed by atoms with Crippen molar-refractivity contribution in [2.45, 2.75) is 57.6 Å². The number of carbonyl (C=O) groups excluding carboxylic acids is 3. The number of benzene rings is 1. The van der Waals surface area contributed by atoms with Crippen molar-refractivity contribution in [1.29, 1.82) is 0 Å². The standard InChI is InChI=1S/C31H35F2N5O5/c1-42-29(40)31(13-21(27(32)33)15-34-28(31)39)14-22-11-12-24-35-23(16-38(24)37-22)26(25(19-7-8-19)20-9-10-20)36-30(41)43-17-18-5-3-2-4-6-18/h2-6,11-12,16,19-21,25-27H,7-10,13-15,17H2,1H3,(H,34,39)(H,36,41)/t21?,26-,31?/m1/s1. The van der Waals surface area contributed by atoms with E-state index >= 15 is 0 Å². The number of alkyl carbamates (subject to hydrolysis) is 1. The molecule has 1 aliphatic heterocycles. The second-order valence-corrected chi connectivity index (χ2v) is 12.0. The molecule has 2 N–H and O–H groups in total. The number of fused-ring (bicyclic) bond motifs is 1. The molecule has 3 aromatic rings. The molecule has 0 bridgehead atoms. The van der Waals surface area contributed by atoms with Gasteiger partial charge in [-0.05, 0) is 67.6 Å². The topological polar surface area (TPSA) is 124 Å². The average Bonchev–Trinajstić information content (AvgIpc) is 3.96. The summed E-state index contributed by atoms with van der Waals surface area (Å²) in [7, 11) is 1.14. The number of carbonyl (C=O) groups is 3.